The van der Waals surface area contributed by atoms with Crippen molar-refractivity contribution in [1.29, 1.82) is 0 Å². The van der Waals surface area contributed by atoms with E-state index < -0.39 is 26.9 Å². The lowest BCUT2D eigenvalue weighted by atomic mass is 9.81. The van der Waals surface area contributed by atoms with E-state index in [1.54, 1.807) is 29.7 Å². The summed E-state index contributed by atoms with van der Waals surface area (Å²) in [6.07, 6.45) is 0.460. The molecular weight excluding hydrogens is 370 g/mol. The first kappa shape index (κ1) is 19.3. The van der Waals surface area contributed by atoms with Crippen LogP contribution in [0.2, 0.25) is 0 Å². The third-order valence-electron chi connectivity index (χ3n) is 4.66. The zero-order valence-corrected chi connectivity index (χ0v) is 15.4. The Morgan fingerprint density at radius 3 is 2.22 bits per heavy atom. The van der Waals surface area contributed by atoms with Crippen LogP contribution in [0.3, 0.4) is 0 Å². The smallest absolute Gasteiger partial charge is 0.250 e. The molecule has 7 nitrogen and oxygen atoms in total. The van der Waals surface area contributed by atoms with E-state index in [1.165, 1.54) is 12.1 Å². The Morgan fingerprint density at radius 2 is 1.63 bits per heavy atom. The van der Waals surface area contributed by atoms with Crippen molar-refractivity contribution in [2.24, 2.45) is 5.41 Å². The Kier molecular flexibility index (Phi) is 5.79. The highest BCUT2D eigenvalue weighted by Gasteiger charge is 2.44. The van der Waals surface area contributed by atoms with E-state index in [0.29, 0.717) is 11.5 Å². The summed E-state index contributed by atoms with van der Waals surface area (Å²) in [6, 6.07) is 15.2. The van der Waals surface area contributed by atoms with E-state index in [9.17, 15) is 13.2 Å². The lowest BCUT2D eigenvalue weighted by Crippen LogP contribution is -2.47. The molecule has 1 fully saturated rings. The number of hydroxylamine groups is 1. The second-order valence-electron chi connectivity index (χ2n) is 6.48. The van der Waals surface area contributed by atoms with Gasteiger partial charge in [-0.15, -0.1) is 0 Å². The molecule has 2 aromatic rings. The third-order valence-corrected chi connectivity index (χ3v) is 6.58. The number of nitrogens with one attached hydrogen (secondary N) is 1. The van der Waals surface area contributed by atoms with E-state index in [2.05, 4.69) is 0 Å². The van der Waals surface area contributed by atoms with Crippen molar-refractivity contribution in [2.45, 2.75) is 17.7 Å². The number of benzene rings is 2. The van der Waals surface area contributed by atoms with E-state index in [-0.39, 0.29) is 31.0 Å². The Labute approximate surface area is 157 Å². The number of rotatable bonds is 6. The second-order valence-corrected chi connectivity index (χ2v) is 8.47. The van der Waals surface area contributed by atoms with Crippen molar-refractivity contribution in [2.75, 3.05) is 19.0 Å². The zero-order valence-electron chi connectivity index (χ0n) is 14.6. The normalized spacial score (nSPS) is 16.5. The van der Waals surface area contributed by atoms with Crippen LogP contribution in [0, 0.1) is 5.41 Å². The fourth-order valence-electron chi connectivity index (χ4n) is 3.10. The third kappa shape index (κ3) is 4.47. The number of para-hydroxylation sites is 1. The molecule has 27 heavy (non-hydrogen) atoms. The number of sulfone groups is 1. The van der Waals surface area contributed by atoms with Crippen LogP contribution in [0.5, 0.6) is 11.5 Å². The highest BCUT2D eigenvalue weighted by atomic mass is 32.2. The number of ether oxygens (including phenoxy) is 2. The van der Waals surface area contributed by atoms with Crippen LogP contribution >= 0.6 is 0 Å². The van der Waals surface area contributed by atoms with Gasteiger partial charge in [0, 0.05) is 13.2 Å². The van der Waals surface area contributed by atoms with Gasteiger partial charge in [0.25, 0.3) is 5.91 Å². The minimum Gasteiger partial charge on any atom is -0.457 e. The molecule has 3 rings (SSSR count). The number of hydrogen-bond donors (Lipinski definition) is 2. The number of carbonyl (C=O) groups is 1. The molecule has 2 aromatic carbocycles. The minimum absolute atomic E-state index is 0.0968. The molecule has 1 amide bonds. The number of amides is 1. The summed E-state index contributed by atoms with van der Waals surface area (Å²) in [4.78, 5) is 12.3. The fourth-order valence-corrected chi connectivity index (χ4v) is 4.97. The summed E-state index contributed by atoms with van der Waals surface area (Å²) in [5, 5.41) is 9.04. The summed E-state index contributed by atoms with van der Waals surface area (Å²) >= 11 is 0. The maximum atomic E-state index is 12.9. The van der Waals surface area contributed by atoms with Crippen LogP contribution in [0.25, 0.3) is 0 Å². The highest BCUT2D eigenvalue weighted by Crippen LogP contribution is 2.34. The SMILES string of the molecule is O=C(NO)C1(CS(=O)(=O)c2ccc(Oc3ccccc3)cc2)CCOCC1. The molecule has 1 saturated heterocycles. The number of carbonyl (C=O) groups excluding carboxylic acids is 1. The lowest BCUT2D eigenvalue weighted by molar-refractivity contribution is -0.143. The van der Waals surface area contributed by atoms with Crippen molar-refractivity contribution < 1.29 is 27.9 Å². The van der Waals surface area contributed by atoms with Crippen molar-refractivity contribution in [3.05, 3.63) is 54.6 Å². The topological polar surface area (TPSA) is 102 Å². The molecule has 0 aliphatic carbocycles. The average molecular weight is 391 g/mol. The van der Waals surface area contributed by atoms with Gasteiger partial charge in [-0.2, -0.15) is 0 Å². The van der Waals surface area contributed by atoms with Gasteiger partial charge in [0.15, 0.2) is 9.84 Å². The van der Waals surface area contributed by atoms with Crippen molar-refractivity contribution in [3.63, 3.8) is 0 Å². The van der Waals surface area contributed by atoms with Gasteiger partial charge in [-0.05, 0) is 49.2 Å². The van der Waals surface area contributed by atoms with E-state index >= 15 is 0 Å². The first-order valence-corrected chi connectivity index (χ1v) is 10.2. The van der Waals surface area contributed by atoms with Crippen molar-refractivity contribution >= 4 is 15.7 Å². The van der Waals surface area contributed by atoms with Crippen LogP contribution in [0.4, 0.5) is 0 Å². The average Bonchev–Trinajstić information content (AvgIpc) is 2.69. The molecule has 2 N–H and O–H groups in total. The van der Waals surface area contributed by atoms with Crippen LogP contribution in [-0.2, 0) is 19.4 Å². The predicted octanol–water partition coefficient (Wildman–Crippen LogP) is 2.55. The van der Waals surface area contributed by atoms with E-state index in [1.807, 2.05) is 18.2 Å². The van der Waals surface area contributed by atoms with Gasteiger partial charge in [-0.3, -0.25) is 10.0 Å². The summed E-state index contributed by atoms with van der Waals surface area (Å²) in [5.74, 6) is 0.0654. The van der Waals surface area contributed by atoms with E-state index in [0.717, 1.165) is 0 Å². The van der Waals surface area contributed by atoms with Crippen molar-refractivity contribution in [3.8, 4) is 11.5 Å². The Morgan fingerprint density at radius 1 is 1.04 bits per heavy atom. The largest absolute Gasteiger partial charge is 0.457 e. The minimum atomic E-state index is -3.75. The summed E-state index contributed by atoms with van der Waals surface area (Å²) in [5.41, 5.74) is 0.404. The van der Waals surface area contributed by atoms with Gasteiger partial charge in [-0.25, -0.2) is 13.9 Å². The van der Waals surface area contributed by atoms with Gasteiger partial charge >= 0.3 is 0 Å². The van der Waals surface area contributed by atoms with Crippen LogP contribution in [0.15, 0.2) is 59.5 Å². The first-order valence-electron chi connectivity index (χ1n) is 8.53. The molecule has 0 unspecified atom stereocenters. The van der Waals surface area contributed by atoms with Crippen LogP contribution in [-0.4, -0.2) is 38.5 Å². The maximum absolute atomic E-state index is 12.9. The second kappa shape index (κ2) is 8.08. The molecule has 144 valence electrons. The molecule has 0 aromatic heterocycles. The first-order chi connectivity index (χ1) is 13.0. The Balaban J connectivity index is 1.78. The molecule has 1 heterocycles. The summed E-state index contributed by atoms with van der Waals surface area (Å²) in [7, 11) is -3.75. The molecule has 0 bridgehead atoms. The Hall–Kier alpha value is -2.42. The maximum Gasteiger partial charge on any atom is 0.250 e. The molecule has 1 aliphatic heterocycles. The summed E-state index contributed by atoms with van der Waals surface area (Å²) in [6.45, 7) is 0.541. The molecule has 0 atom stereocenters. The molecular formula is C19H21NO6S. The van der Waals surface area contributed by atoms with Gasteiger partial charge in [0.1, 0.15) is 11.5 Å². The van der Waals surface area contributed by atoms with Gasteiger partial charge in [0.2, 0.25) is 0 Å². The molecule has 1 aliphatic rings. The highest BCUT2D eigenvalue weighted by molar-refractivity contribution is 7.91. The Bertz CT molecular complexity index is 874. The molecule has 0 spiro atoms. The van der Waals surface area contributed by atoms with E-state index in [4.69, 9.17) is 14.7 Å². The quantitative estimate of drug-likeness (QED) is 0.580. The molecule has 8 heteroatoms. The summed E-state index contributed by atoms with van der Waals surface area (Å²) < 4.78 is 36.6. The zero-order chi connectivity index (χ0) is 19.3. The van der Waals surface area contributed by atoms with Crippen LogP contribution < -0.4 is 10.2 Å². The molecule has 0 saturated carbocycles. The standard InChI is InChI=1S/C19H21NO6S/c21-18(20-22)19(10-12-25-13-11-19)14-27(23,24)17-8-6-16(7-9-17)26-15-4-2-1-3-5-15/h1-9,22H,10-14H2,(H,20,21). The number of hydrogen-bond acceptors (Lipinski definition) is 6. The predicted molar refractivity (Wildman–Crippen MR) is 97.4 cm³/mol. The van der Waals surface area contributed by atoms with Crippen molar-refractivity contribution in [1.82, 2.24) is 5.48 Å². The van der Waals surface area contributed by atoms with Gasteiger partial charge in [0.05, 0.1) is 16.1 Å². The fraction of sp³-hybridized carbons (Fsp3) is 0.316. The van der Waals surface area contributed by atoms with Gasteiger partial charge < -0.3 is 9.47 Å². The van der Waals surface area contributed by atoms with Crippen LogP contribution in [0.1, 0.15) is 12.8 Å². The molecule has 0 radical (unpaired) electrons. The van der Waals surface area contributed by atoms with Gasteiger partial charge in [-0.1, -0.05) is 18.2 Å². The monoisotopic (exact) mass is 391 g/mol. The lowest BCUT2D eigenvalue weighted by Gasteiger charge is -2.34.